The van der Waals surface area contributed by atoms with Gasteiger partial charge < -0.3 is 9.47 Å². The molecular formula is C13H12O3S. The first-order valence-corrected chi connectivity index (χ1v) is 6.01. The van der Waals surface area contributed by atoms with E-state index in [0.717, 1.165) is 10.6 Å². The summed E-state index contributed by atoms with van der Waals surface area (Å²) in [5, 5.41) is 1.95. The number of rotatable bonds is 4. The topological polar surface area (TPSA) is 35.5 Å². The van der Waals surface area contributed by atoms with Gasteiger partial charge in [0.25, 0.3) is 0 Å². The van der Waals surface area contributed by atoms with Crippen LogP contribution in [0.5, 0.6) is 5.75 Å². The van der Waals surface area contributed by atoms with Gasteiger partial charge in [0.1, 0.15) is 12.4 Å². The highest BCUT2D eigenvalue weighted by Gasteiger charge is 2.07. The van der Waals surface area contributed by atoms with Gasteiger partial charge in [-0.2, -0.15) is 0 Å². The van der Waals surface area contributed by atoms with Gasteiger partial charge in [0.15, 0.2) is 0 Å². The molecule has 0 N–H and O–H groups in total. The zero-order chi connectivity index (χ0) is 12.1. The van der Waals surface area contributed by atoms with E-state index in [4.69, 9.17) is 9.47 Å². The predicted molar refractivity (Wildman–Crippen MR) is 66.4 cm³/mol. The molecule has 0 unspecified atom stereocenters. The molecule has 0 radical (unpaired) electrons. The highest BCUT2D eigenvalue weighted by Crippen LogP contribution is 2.14. The Morgan fingerprint density at radius 3 is 2.59 bits per heavy atom. The molecule has 1 aromatic carbocycles. The molecule has 1 heterocycles. The van der Waals surface area contributed by atoms with Crippen LogP contribution in [0.2, 0.25) is 0 Å². The molecule has 1 aromatic heterocycles. The van der Waals surface area contributed by atoms with Gasteiger partial charge in [0.2, 0.25) is 0 Å². The van der Waals surface area contributed by atoms with E-state index in [9.17, 15) is 4.79 Å². The standard InChI is InChI=1S/C13H12O3S/c1-15-11-6-4-10(5-7-11)13(14)16-9-12-3-2-8-17-12/h2-8H,9H2,1H3. The maximum Gasteiger partial charge on any atom is 0.338 e. The average Bonchev–Trinajstić information content (AvgIpc) is 2.89. The van der Waals surface area contributed by atoms with E-state index in [2.05, 4.69) is 0 Å². The summed E-state index contributed by atoms with van der Waals surface area (Å²) in [7, 11) is 1.59. The van der Waals surface area contributed by atoms with Crippen molar-refractivity contribution in [1.29, 1.82) is 0 Å². The average molecular weight is 248 g/mol. The molecule has 4 heteroatoms. The zero-order valence-electron chi connectivity index (χ0n) is 9.38. The molecule has 2 rings (SSSR count). The van der Waals surface area contributed by atoms with Crippen molar-refractivity contribution in [1.82, 2.24) is 0 Å². The van der Waals surface area contributed by atoms with Gasteiger partial charge in [0.05, 0.1) is 12.7 Å². The lowest BCUT2D eigenvalue weighted by molar-refractivity contribution is 0.0477. The molecule has 0 spiro atoms. The number of ether oxygens (including phenoxy) is 2. The van der Waals surface area contributed by atoms with Crippen LogP contribution >= 0.6 is 11.3 Å². The van der Waals surface area contributed by atoms with Crippen LogP contribution in [0.25, 0.3) is 0 Å². The fourth-order valence-corrected chi connectivity index (χ4v) is 1.96. The van der Waals surface area contributed by atoms with Crippen molar-refractivity contribution < 1.29 is 14.3 Å². The highest BCUT2D eigenvalue weighted by molar-refractivity contribution is 7.09. The van der Waals surface area contributed by atoms with Crippen molar-refractivity contribution in [2.75, 3.05) is 7.11 Å². The summed E-state index contributed by atoms with van der Waals surface area (Å²) in [5.41, 5.74) is 0.530. The van der Waals surface area contributed by atoms with Gasteiger partial charge >= 0.3 is 5.97 Å². The first-order valence-electron chi connectivity index (χ1n) is 5.13. The molecule has 3 nitrogen and oxygen atoms in total. The Balaban J connectivity index is 1.95. The van der Waals surface area contributed by atoms with Crippen molar-refractivity contribution in [3.05, 3.63) is 52.2 Å². The third-order valence-corrected chi connectivity index (χ3v) is 3.10. The van der Waals surface area contributed by atoms with Crippen molar-refractivity contribution in [2.45, 2.75) is 6.61 Å². The van der Waals surface area contributed by atoms with E-state index in [1.54, 1.807) is 42.7 Å². The molecule has 17 heavy (non-hydrogen) atoms. The summed E-state index contributed by atoms with van der Waals surface area (Å²) in [4.78, 5) is 12.7. The number of hydrogen-bond donors (Lipinski definition) is 0. The Hall–Kier alpha value is -1.81. The molecule has 0 bridgehead atoms. The first kappa shape index (κ1) is 11.7. The molecule has 2 aromatic rings. The quantitative estimate of drug-likeness (QED) is 0.780. The Labute approximate surface area is 104 Å². The summed E-state index contributed by atoms with van der Waals surface area (Å²) < 4.78 is 10.2. The maximum atomic E-state index is 11.7. The minimum Gasteiger partial charge on any atom is -0.497 e. The lowest BCUT2D eigenvalue weighted by atomic mass is 10.2. The van der Waals surface area contributed by atoms with Gasteiger partial charge in [-0.1, -0.05) is 6.07 Å². The van der Waals surface area contributed by atoms with Crippen molar-refractivity contribution in [3.63, 3.8) is 0 Å². The van der Waals surface area contributed by atoms with Gasteiger partial charge in [0, 0.05) is 4.88 Å². The third kappa shape index (κ3) is 3.07. The Bertz CT molecular complexity index is 474. The fraction of sp³-hybridized carbons (Fsp3) is 0.154. The third-order valence-electron chi connectivity index (χ3n) is 2.25. The number of thiophene rings is 1. The fourth-order valence-electron chi connectivity index (χ4n) is 1.34. The number of methoxy groups -OCH3 is 1. The predicted octanol–water partition coefficient (Wildman–Crippen LogP) is 3.11. The first-order chi connectivity index (χ1) is 8.29. The van der Waals surface area contributed by atoms with Crippen LogP contribution < -0.4 is 4.74 Å². The van der Waals surface area contributed by atoms with Crippen LogP contribution in [0.15, 0.2) is 41.8 Å². The summed E-state index contributed by atoms with van der Waals surface area (Å²) in [6, 6.07) is 10.7. The molecule has 0 aliphatic heterocycles. The molecule has 0 saturated heterocycles. The molecule has 0 aliphatic rings. The molecule has 0 atom stereocenters. The van der Waals surface area contributed by atoms with E-state index < -0.39 is 0 Å². The van der Waals surface area contributed by atoms with Gasteiger partial charge in [-0.05, 0) is 35.7 Å². The minimum absolute atomic E-state index is 0.318. The number of carbonyl (C=O) groups excluding carboxylic acids is 1. The largest absolute Gasteiger partial charge is 0.497 e. The van der Waals surface area contributed by atoms with E-state index in [1.165, 1.54) is 0 Å². The van der Waals surface area contributed by atoms with Gasteiger partial charge in [-0.25, -0.2) is 4.79 Å². The van der Waals surface area contributed by atoms with Gasteiger partial charge in [-0.3, -0.25) is 0 Å². The Morgan fingerprint density at radius 1 is 1.24 bits per heavy atom. The SMILES string of the molecule is COc1ccc(C(=O)OCc2cccs2)cc1. The second kappa shape index (κ2) is 5.50. The van der Waals surface area contributed by atoms with E-state index in [1.807, 2.05) is 17.5 Å². The second-order valence-corrected chi connectivity index (χ2v) is 4.42. The lowest BCUT2D eigenvalue weighted by Gasteiger charge is -2.04. The van der Waals surface area contributed by atoms with Crippen LogP contribution in [0.4, 0.5) is 0 Å². The minimum atomic E-state index is -0.318. The molecule has 0 aliphatic carbocycles. The summed E-state index contributed by atoms with van der Waals surface area (Å²) in [5.74, 6) is 0.404. The second-order valence-electron chi connectivity index (χ2n) is 3.38. The Kier molecular flexibility index (Phi) is 3.77. The van der Waals surface area contributed by atoms with E-state index >= 15 is 0 Å². The van der Waals surface area contributed by atoms with Crippen LogP contribution in [0.1, 0.15) is 15.2 Å². The molecular weight excluding hydrogens is 236 g/mol. The van der Waals surface area contributed by atoms with Crippen molar-refractivity contribution >= 4 is 17.3 Å². The maximum absolute atomic E-state index is 11.7. The van der Waals surface area contributed by atoms with Crippen LogP contribution in [-0.2, 0) is 11.3 Å². The number of hydrogen-bond acceptors (Lipinski definition) is 4. The number of carbonyl (C=O) groups is 1. The molecule has 88 valence electrons. The number of benzene rings is 1. The summed E-state index contributed by atoms with van der Waals surface area (Å²) in [6.07, 6.45) is 0. The normalized spacial score (nSPS) is 9.94. The van der Waals surface area contributed by atoms with Crippen molar-refractivity contribution in [3.8, 4) is 5.75 Å². The van der Waals surface area contributed by atoms with Gasteiger partial charge in [-0.15, -0.1) is 11.3 Å². The summed E-state index contributed by atoms with van der Waals surface area (Å²) >= 11 is 1.57. The van der Waals surface area contributed by atoms with Crippen LogP contribution in [0.3, 0.4) is 0 Å². The monoisotopic (exact) mass is 248 g/mol. The highest BCUT2D eigenvalue weighted by atomic mass is 32.1. The van der Waals surface area contributed by atoms with Crippen LogP contribution in [-0.4, -0.2) is 13.1 Å². The van der Waals surface area contributed by atoms with E-state index in [0.29, 0.717) is 12.2 Å². The van der Waals surface area contributed by atoms with E-state index in [-0.39, 0.29) is 5.97 Å². The van der Waals surface area contributed by atoms with Crippen LogP contribution in [0, 0.1) is 0 Å². The molecule has 0 amide bonds. The summed E-state index contributed by atoms with van der Waals surface area (Å²) in [6.45, 7) is 0.322. The smallest absolute Gasteiger partial charge is 0.338 e. The number of esters is 1. The van der Waals surface area contributed by atoms with Crippen molar-refractivity contribution in [2.24, 2.45) is 0 Å². The Morgan fingerprint density at radius 2 is 2.00 bits per heavy atom. The lowest BCUT2D eigenvalue weighted by Crippen LogP contribution is -2.04. The molecule has 0 saturated carbocycles. The zero-order valence-corrected chi connectivity index (χ0v) is 10.2. The molecule has 0 fully saturated rings.